The number of aromatic nitrogens is 2. The van der Waals surface area contributed by atoms with Gasteiger partial charge in [-0.05, 0) is 79.9 Å². The maximum absolute atomic E-state index is 5.10. The molecule has 0 unspecified atom stereocenters. The van der Waals surface area contributed by atoms with Crippen LogP contribution in [-0.2, 0) is 5.41 Å². The van der Waals surface area contributed by atoms with Gasteiger partial charge in [0.25, 0.3) is 0 Å². The van der Waals surface area contributed by atoms with Crippen molar-refractivity contribution in [3.63, 3.8) is 0 Å². The molecule has 0 aliphatic heterocycles. The minimum Gasteiger partial charge on any atom is -0.228 e. The Kier molecular flexibility index (Phi) is 8.08. The molecule has 0 atom stereocenters. The summed E-state index contributed by atoms with van der Waals surface area (Å²) in [6.45, 7) is 0. The number of hydrogen-bond donors (Lipinski definition) is 0. The van der Waals surface area contributed by atoms with E-state index in [-0.39, 0.29) is 0 Å². The van der Waals surface area contributed by atoms with Gasteiger partial charge in [-0.2, -0.15) is 0 Å². The van der Waals surface area contributed by atoms with E-state index >= 15 is 0 Å². The average molecular weight is 701 g/mol. The zero-order valence-electron chi connectivity index (χ0n) is 30.2. The van der Waals surface area contributed by atoms with E-state index in [2.05, 4.69) is 194 Å². The maximum atomic E-state index is 5.10. The predicted octanol–water partition coefficient (Wildman–Crippen LogP) is 13.2. The fourth-order valence-corrected chi connectivity index (χ4v) is 8.45. The number of rotatable bonds is 7. The smallest absolute Gasteiger partial charge is 0.160 e. The summed E-state index contributed by atoms with van der Waals surface area (Å²) in [5.74, 6) is 0.713. The number of benzene rings is 8. The lowest BCUT2D eigenvalue weighted by Crippen LogP contribution is -2.28. The minimum atomic E-state index is -0.439. The molecule has 258 valence electrons. The fraction of sp³-hybridized carbons (Fsp3) is 0.0189. The van der Waals surface area contributed by atoms with Crippen molar-refractivity contribution < 1.29 is 0 Å². The first-order valence-corrected chi connectivity index (χ1v) is 18.8. The molecular formula is C53H36N2. The van der Waals surface area contributed by atoms with E-state index < -0.39 is 5.41 Å². The molecule has 0 saturated carbocycles. The lowest BCUT2D eigenvalue weighted by atomic mass is 9.67. The van der Waals surface area contributed by atoms with Gasteiger partial charge in [0.05, 0.1) is 16.8 Å². The fourth-order valence-electron chi connectivity index (χ4n) is 8.45. The Labute approximate surface area is 322 Å². The summed E-state index contributed by atoms with van der Waals surface area (Å²) < 4.78 is 0. The highest BCUT2D eigenvalue weighted by molar-refractivity contribution is 5.87. The summed E-state index contributed by atoms with van der Waals surface area (Å²) in [6.07, 6.45) is 0. The maximum Gasteiger partial charge on any atom is 0.160 e. The van der Waals surface area contributed by atoms with Gasteiger partial charge in [-0.3, -0.25) is 0 Å². The van der Waals surface area contributed by atoms with Crippen LogP contribution in [0.3, 0.4) is 0 Å². The van der Waals surface area contributed by atoms with E-state index in [9.17, 15) is 0 Å². The summed E-state index contributed by atoms with van der Waals surface area (Å²) in [5, 5.41) is 0. The first-order chi connectivity index (χ1) is 27.3. The number of nitrogens with zero attached hydrogens (tertiary/aromatic N) is 2. The van der Waals surface area contributed by atoms with Gasteiger partial charge in [-0.1, -0.05) is 194 Å². The predicted molar refractivity (Wildman–Crippen MR) is 227 cm³/mol. The Balaban J connectivity index is 1.07. The molecule has 1 heterocycles. The molecule has 0 bridgehead atoms. The molecule has 0 radical (unpaired) electrons. The second-order valence-corrected chi connectivity index (χ2v) is 14.1. The van der Waals surface area contributed by atoms with Gasteiger partial charge in [0.2, 0.25) is 0 Å². The molecule has 0 saturated heterocycles. The van der Waals surface area contributed by atoms with Crippen LogP contribution in [0.1, 0.15) is 22.3 Å². The molecule has 0 fully saturated rings. The third-order valence-electron chi connectivity index (χ3n) is 11.0. The van der Waals surface area contributed by atoms with E-state index in [0.29, 0.717) is 5.82 Å². The summed E-state index contributed by atoms with van der Waals surface area (Å²) in [4.78, 5) is 10.1. The van der Waals surface area contributed by atoms with Crippen molar-refractivity contribution in [1.82, 2.24) is 9.97 Å². The van der Waals surface area contributed by atoms with Gasteiger partial charge in [0, 0.05) is 16.7 Å². The number of hydrogen-bond acceptors (Lipinski definition) is 2. The highest BCUT2D eigenvalue weighted by atomic mass is 14.9. The van der Waals surface area contributed by atoms with Gasteiger partial charge >= 0.3 is 0 Å². The molecule has 55 heavy (non-hydrogen) atoms. The van der Waals surface area contributed by atoms with Crippen molar-refractivity contribution in [2.75, 3.05) is 0 Å². The second-order valence-electron chi connectivity index (χ2n) is 14.1. The highest BCUT2D eigenvalue weighted by Crippen LogP contribution is 2.56. The molecule has 1 aromatic heterocycles. The van der Waals surface area contributed by atoms with Crippen LogP contribution in [-0.4, -0.2) is 9.97 Å². The van der Waals surface area contributed by atoms with E-state index in [1.165, 1.54) is 44.5 Å². The minimum absolute atomic E-state index is 0.439. The van der Waals surface area contributed by atoms with Crippen LogP contribution >= 0.6 is 0 Å². The third kappa shape index (κ3) is 5.67. The Morgan fingerprint density at radius 2 is 0.673 bits per heavy atom. The largest absolute Gasteiger partial charge is 0.228 e. The molecule has 0 amide bonds. The van der Waals surface area contributed by atoms with Crippen LogP contribution in [0.25, 0.3) is 67.3 Å². The van der Waals surface area contributed by atoms with Gasteiger partial charge in [0.1, 0.15) is 0 Å². The molecule has 1 aliphatic carbocycles. The highest BCUT2D eigenvalue weighted by Gasteiger charge is 2.45. The molecular weight excluding hydrogens is 665 g/mol. The van der Waals surface area contributed by atoms with Crippen LogP contribution in [0.15, 0.2) is 218 Å². The Morgan fingerprint density at radius 3 is 1.27 bits per heavy atom. The summed E-state index contributed by atoms with van der Waals surface area (Å²) >= 11 is 0. The van der Waals surface area contributed by atoms with Crippen LogP contribution in [0.5, 0.6) is 0 Å². The molecule has 1 aliphatic rings. The third-order valence-corrected chi connectivity index (χ3v) is 11.0. The summed E-state index contributed by atoms with van der Waals surface area (Å²) in [5.41, 5.74) is 16.9. The summed E-state index contributed by atoms with van der Waals surface area (Å²) in [7, 11) is 0. The van der Waals surface area contributed by atoms with Crippen molar-refractivity contribution in [1.29, 1.82) is 0 Å². The lowest BCUT2D eigenvalue weighted by molar-refractivity contribution is 0.769. The van der Waals surface area contributed by atoms with E-state index in [1.54, 1.807) is 0 Å². The molecule has 0 spiro atoms. The van der Waals surface area contributed by atoms with Crippen LogP contribution in [0, 0.1) is 0 Å². The standard InChI is InChI=1S/C53H36N2/c1-4-17-37(18-5-1)50-36-51(55-52(54-50)38-19-6-2-7-20-38)43-25-15-23-41(34-43)39-21-14-22-40(33-39)42-24-16-28-45(35-42)53(44-26-8-3-9-27-44)48-31-12-10-29-46(48)47-30-11-13-32-49(47)53/h1-36H. The Bertz CT molecular complexity index is 2700. The van der Waals surface area contributed by atoms with Crippen molar-refractivity contribution in [3.8, 4) is 67.3 Å². The number of fused-ring (bicyclic) bond motifs is 3. The lowest BCUT2D eigenvalue weighted by Gasteiger charge is -2.34. The van der Waals surface area contributed by atoms with Crippen molar-refractivity contribution >= 4 is 0 Å². The first kappa shape index (κ1) is 32.5. The van der Waals surface area contributed by atoms with Crippen LogP contribution in [0.4, 0.5) is 0 Å². The van der Waals surface area contributed by atoms with Crippen molar-refractivity contribution in [2.24, 2.45) is 0 Å². The average Bonchev–Trinajstić information content (AvgIpc) is 3.58. The van der Waals surface area contributed by atoms with Crippen molar-refractivity contribution in [3.05, 3.63) is 241 Å². The zero-order chi connectivity index (χ0) is 36.6. The zero-order valence-corrected chi connectivity index (χ0v) is 30.2. The van der Waals surface area contributed by atoms with Crippen LogP contribution < -0.4 is 0 Å². The molecule has 2 heteroatoms. The molecule has 0 N–H and O–H groups in total. The molecule has 10 rings (SSSR count). The SMILES string of the molecule is c1ccc(-c2cc(-c3cccc(-c4cccc(-c5cccc(C6(c7ccccc7)c7ccccc7-c7ccccc76)c5)c4)c3)nc(-c3ccccc3)n2)cc1. The van der Waals surface area contributed by atoms with Crippen molar-refractivity contribution in [2.45, 2.75) is 5.41 Å². The van der Waals surface area contributed by atoms with E-state index in [0.717, 1.165) is 39.2 Å². The van der Waals surface area contributed by atoms with E-state index in [4.69, 9.17) is 9.97 Å². The quantitative estimate of drug-likeness (QED) is 0.165. The normalized spacial score (nSPS) is 12.5. The topological polar surface area (TPSA) is 25.8 Å². The second kappa shape index (κ2) is 13.7. The van der Waals surface area contributed by atoms with Gasteiger partial charge in [-0.25, -0.2) is 9.97 Å². The molecule has 8 aromatic carbocycles. The van der Waals surface area contributed by atoms with Crippen LogP contribution in [0.2, 0.25) is 0 Å². The molecule has 9 aromatic rings. The van der Waals surface area contributed by atoms with Gasteiger partial charge < -0.3 is 0 Å². The summed E-state index contributed by atoms with van der Waals surface area (Å²) in [6, 6.07) is 78.2. The van der Waals surface area contributed by atoms with Gasteiger partial charge in [-0.15, -0.1) is 0 Å². The Hall–Kier alpha value is -7.16. The van der Waals surface area contributed by atoms with E-state index in [1.807, 2.05) is 24.3 Å². The van der Waals surface area contributed by atoms with Gasteiger partial charge in [0.15, 0.2) is 5.82 Å². The molecule has 2 nitrogen and oxygen atoms in total. The Morgan fingerprint density at radius 1 is 0.273 bits per heavy atom. The first-order valence-electron chi connectivity index (χ1n) is 18.8. The monoisotopic (exact) mass is 700 g/mol.